The molecular weight excluding hydrogens is 344 g/mol. The Balaban J connectivity index is 0.00000168. The van der Waals surface area contributed by atoms with Crippen molar-refractivity contribution in [1.29, 1.82) is 0 Å². The fourth-order valence-corrected chi connectivity index (χ4v) is 5.44. The molecule has 1 saturated carbocycles. The summed E-state index contributed by atoms with van der Waals surface area (Å²) >= 11 is 1.51. The Morgan fingerprint density at radius 2 is 1.81 bits per heavy atom. The smallest absolute Gasteiger partial charge is 0.271 e. The summed E-state index contributed by atoms with van der Waals surface area (Å²) in [6, 6.07) is 2.39. The van der Waals surface area contributed by atoms with Crippen LogP contribution in [-0.4, -0.2) is 27.6 Å². The van der Waals surface area contributed by atoms with Gasteiger partial charge in [-0.25, -0.2) is 9.97 Å². The van der Waals surface area contributed by atoms with E-state index in [1.807, 2.05) is 10.8 Å². The molecule has 2 aliphatic rings. The van der Waals surface area contributed by atoms with Crippen LogP contribution in [0.25, 0.3) is 20.4 Å². The molecule has 3 aromatic rings. The summed E-state index contributed by atoms with van der Waals surface area (Å²) in [6.07, 6.45) is 12.0. The minimum absolute atomic E-state index is 0. The second kappa shape index (κ2) is 6.99. The fourth-order valence-electron chi connectivity index (χ4n) is 4.39. The number of thiophene rings is 1. The third kappa shape index (κ3) is 2.71. The van der Waals surface area contributed by atoms with E-state index in [0.717, 1.165) is 46.4 Å². The Kier molecular flexibility index (Phi) is 4.69. The highest BCUT2D eigenvalue weighted by molar-refractivity contribution is 7.25. The lowest BCUT2D eigenvalue weighted by Crippen LogP contribution is -2.26. The predicted octanol–water partition coefficient (Wildman–Crippen LogP) is 4.75. The van der Waals surface area contributed by atoms with Crippen LogP contribution in [0.3, 0.4) is 0 Å². The number of hydrogen-bond acceptors (Lipinski definition) is 5. The van der Waals surface area contributed by atoms with Crippen molar-refractivity contribution in [2.75, 3.05) is 18.0 Å². The van der Waals surface area contributed by atoms with Crippen molar-refractivity contribution >= 4 is 37.5 Å². The number of aromatic nitrogens is 3. The average Bonchev–Trinajstić information content (AvgIpc) is 3.31. The maximum atomic E-state index is 13.1. The van der Waals surface area contributed by atoms with Gasteiger partial charge in [0.05, 0.1) is 22.9 Å². The van der Waals surface area contributed by atoms with Crippen LogP contribution in [-0.2, 0) is 0 Å². The zero-order valence-electron chi connectivity index (χ0n) is 14.3. The maximum absolute atomic E-state index is 13.1. The van der Waals surface area contributed by atoms with Crippen LogP contribution in [0.15, 0.2) is 23.4 Å². The van der Waals surface area contributed by atoms with Gasteiger partial charge in [0.2, 0.25) is 0 Å². The average molecular weight is 371 g/mol. The molecule has 0 bridgehead atoms. The molecule has 4 heterocycles. The van der Waals surface area contributed by atoms with Crippen molar-refractivity contribution in [3.63, 3.8) is 0 Å². The lowest BCUT2D eigenvalue weighted by molar-refractivity contribution is 0.345. The van der Waals surface area contributed by atoms with Crippen molar-refractivity contribution in [3.8, 4) is 0 Å². The number of fused-ring (bicyclic) bond motifs is 3. The third-order valence-electron chi connectivity index (χ3n) is 5.70. The van der Waals surface area contributed by atoms with E-state index in [0.29, 0.717) is 6.04 Å². The largest absolute Gasteiger partial charge is 0.371 e. The Morgan fingerprint density at radius 3 is 2.58 bits per heavy atom. The van der Waals surface area contributed by atoms with Gasteiger partial charge in [-0.2, -0.15) is 0 Å². The van der Waals surface area contributed by atoms with Crippen LogP contribution in [0.4, 0.5) is 5.69 Å². The normalized spacial score (nSPS) is 18.5. The quantitative estimate of drug-likeness (QED) is 0.653. The molecule has 0 radical (unpaired) electrons. The van der Waals surface area contributed by atoms with E-state index in [1.54, 1.807) is 6.33 Å². The lowest BCUT2D eigenvalue weighted by atomic mass is 9.95. The lowest BCUT2D eigenvalue weighted by Gasteiger charge is -2.23. The van der Waals surface area contributed by atoms with E-state index < -0.39 is 0 Å². The summed E-state index contributed by atoms with van der Waals surface area (Å²) in [5, 5.41) is 1.07. The Labute approximate surface area is 157 Å². The van der Waals surface area contributed by atoms with Crippen molar-refractivity contribution in [2.45, 2.75) is 58.4 Å². The van der Waals surface area contributed by atoms with Gasteiger partial charge in [-0.15, -0.1) is 11.3 Å². The van der Waals surface area contributed by atoms with Crippen molar-refractivity contribution < 1.29 is 0 Å². The first-order chi connectivity index (χ1) is 12.3. The summed E-state index contributed by atoms with van der Waals surface area (Å²) in [5.74, 6) is 0. The molecule has 0 N–H and O–H groups in total. The molecule has 0 atom stereocenters. The van der Waals surface area contributed by atoms with E-state index in [1.165, 1.54) is 49.1 Å². The zero-order chi connectivity index (χ0) is 16.8. The maximum Gasteiger partial charge on any atom is 0.271 e. The van der Waals surface area contributed by atoms with E-state index >= 15 is 0 Å². The molecule has 0 amide bonds. The minimum Gasteiger partial charge on any atom is -0.371 e. The molecule has 6 heteroatoms. The van der Waals surface area contributed by atoms with Crippen LogP contribution < -0.4 is 10.5 Å². The molecule has 138 valence electrons. The summed E-state index contributed by atoms with van der Waals surface area (Å²) in [4.78, 5) is 25.7. The van der Waals surface area contributed by atoms with Crippen molar-refractivity contribution in [3.05, 3.63) is 28.9 Å². The highest BCUT2D eigenvalue weighted by atomic mass is 32.1. The summed E-state index contributed by atoms with van der Waals surface area (Å²) in [5.41, 5.74) is 2.15. The monoisotopic (exact) mass is 370 g/mol. The number of hydrogen-bond donors (Lipinski definition) is 0. The van der Waals surface area contributed by atoms with E-state index in [2.05, 4.69) is 16.0 Å². The van der Waals surface area contributed by atoms with Gasteiger partial charge in [0.15, 0.2) is 0 Å². The van der Waals surface area contributed by atoms with Crippen molar-refractivity contribution in [2.24, 2.45) is 0 Å². The van der Waals surface area contributed by atoms with Gasteiger partial charge in [-0.3, -0.25) is 9.36 Å². The second-order valence-electron chi connectivity index (χ2n) is 7.23. The predicted molar refractivity (Wildman–Crippen MR) is 109 cm³/mol. The number of nitrogens with zero attached hydrogens (tertiary/aromatic N) is 4. The van der Waals surface area contributed by atoms with Crippen LogP contribution >= 0.6 is 11.3 Å². The molecule has 0 aromatic carbocycles. The topological polar surface area (TPSA) is 51.0 Å². The molecule has 0 spiro atoms. The molecule has 1 aliphatic carbocycles. The van der Waals surface area contributed by atoms with E-state index in [-0.39, 0.29) is 13.0 Å². The molecule has 26 heavy (non-hydrogen) atoms. The molecular formula is C20H26N4OS. The van der Waals surface area contributed by atoms with Gasteiger partial charge < -0.3 is 4.90 Å². The first kappa shape index (κ1) is 17.5. The molecule has 1 aliphatic heterocycles. The van der Waals surface area contributed by atoms with Crippen molar-refractivity contribution in [1.82, 2.24) is 14.5 Å². The first-order valence-corrected chi connectivity index (χ1v) is 10.2. The van der Waals surface area contributed by atoms with E-state index in [4.69, 9.17) is 4.98 Å². The Hall–Kier alpha value is -1.95. The summed E-state index contributed by atoms with van der Waals surface area (Å²) < 4.78 is 2.65. The zero-order valence-corrected chi connectivity index (χ0v) is 15.1. The number of pyridine rings is 1. The second-order valence-corrected chi connectivity index (χ2v) is 8.23. The van der Waals surface area contributed by atoms with Gasteiger partial charge in [-0.05, 0) is 31.7 Å². The van der Waals surface area contributed by atoms with Gasteiger partial charge in [0.1, 0.15) is 9.53 Å². The highest BCUT2D eigenvalue weighted by Gasteiger charge is 2.23. The Bertz CT molecular complexity index is 981. The molecule has 2 fully saturated rings. The molecule has 0 unspecified atom stereocenters. The summed E-state index contributed by atoms with van der Waals surface area (Å²) in [6.45, 7) is 2.16. The first-order valence-electron chi connectivity index (χ1n) is 9.36. The fraction of sp³-hybridized carbons (Fsp3) is 0.550. The van der Waals surface area contributed by atoms with Gasteiger partial charge in [0.25, 0.3) is 5.56 Å². The molecule has 3 aromatic heterocycles. The highest BCUT2D eigenvalue weighted by Crippen LogP contribution is 2.37. The Morgan fingerprint density at radius 1 is 1.04 bits per heavy atom. The van der Waals surface area contributed by atoms with Crippen LogP contribution in [0.2, 0.25) is 0 Å². The molecule has 5 nitrogen and oxygen atoms in total. The van der Waals surface area contributed by atoms with Gasteiger partial charge in [-0.1, -0.05) is 26.7 Å². The van der Waals surface area contributed by atoms with Gasteiger partial charge >= 0.3 is 0 Å². The minimum atomic E-state index is 0. The summed E-state index contributed by atoms with van der Waals surface area (Å²) in [7, 11) is 0. The SMILES string of the molecule is C.O=c1c2sc3nccc(N4CCCC4)c3c2ncn1C1CCCCC1. The van der Waals surface area contributed by atoms with Crippen LogP contribution in [0.5, 0.6) is 0 Å². The molecule has 5 rings (SSSR count). The van der Waals surface area contributed by atoms with E-state index in [9.17, 15) is 4.79 Å². The number of anilines is 1. The number of rotatable bonds is 2. The van der Waals surface area contributed by atoms with Crippen LogP contribution in [0.1, 0.15) is 58.4 Å². The third-order valence-corrected chi connectivity index (χ3v) is 6.77. The van der Waals surface area contributed by atoms with Gasteiger partial charge in [0, 0.05) is 25.3 Å². The van der Waals surface area contributed by atoms with Crippen LogP contribution in [0, 0.1) is 0 Å². The molecule has 1 saturated heterocycles. The standard InChI is InChI=1S/C19H22N4OS.CH4/c24-19-17-16(21-12-23(19)13-6-2-1-3-7-13)15-14(22-10-4-5-11-22)8-9-20-18(15)25-17;/h8-9,12-13H,1-7,10-11H2;1H4.